The van der Waals surface area contributed by atoms with Gasteiger partial charge in [-0.05, 0) is 49.4 Å². The third-order valence-electron chi connectivity index (χ3n) is 4.81. The number of carbonyl (C=O) groups is 1. The Morgan fingerprint density at radius 1 is 1.00 bits per heavy atom. The van der Waals surface area contributed by atoms with Gasteiger partial charge in [-0.25, -0.2) is 13.8 Å². The number of benzene rings is 3. The summed E-state index contributed by atoms with van der Waals surface area (Å²) < 4.78 is 29.3. The summed E-state index contributed by atoms with van der Waals surface area (Å²) in [5, 5.41) is 2.90. The summed E-state index contributed by atoms with van der Waals surface area (Å²) in [6.45, 7) is 2.11. The van der Waals surface area contributed by atoms with Gasteiger partial charge in [0.1, 0.15) is 17.5 Å². The van der Waals surface area contributed by atoms with Gasteiger partial charge in [-0.15, -0.1) is 0 Å². The molecule has 0 aliphatic heterocycles. The van der Waals surface area contributed by atoms with Gasteiger partial charge in [0.15, 0.2) is 0 Å². The molecule has 4 aromatic rings. The molecule has 0 aliphatic rings. The van der Waals surface area contributed by atoms with E-state index in [-0.39, 0.29) is 11.7 Å². The van der Waals surface area contributed by atoms with E-state index in [0.717, 1.165) is 11.0 Å². The van der Waals surface area contributed by atoms with Gasteiger partial charge in [0.2, 0.25) is 0 Å². The number of rotatable bonds is 5. The molecule has 4 nitrogen and oxygen atoms in total. The van der Waals surface area contributed by atoms with Crippen LogP contribution in [0.1, 0.15) is 34.7 Å². The van der Waals surface area contributed by atoms with E-state index in [0.29, 0.717) is 23.5 Å². The molecule has 1 N–H and O–H groups in total. The fraction of sp³-hybridized carbons (Fsp3) is 0.130. The van der Waals surface area contributed by atoms with Crippen LogP contribution in [0.5, 0.6) is 0 Å². The molecule has 1 aromatic heterocycles. The van der Waals surface area contributed by atoms with Crippen LogP contribution in [0, 0.1) is 11.6 Å². The normalized spacial score (nSPS) is 12.1. The molecule has 0 bridgehead atoms. The van der Waals surface area contributed by atoms with Crippen molar-refractivity contribution in [2.45, 2.75) is 19.5 Å². The summed E-state index contributed by atoms with van der Waals surface area (Å²) in [5.41, 5.74) is 2.51. The minimum absolute atomic E-state index is 0.291. The minimum atomic E-state index is -0.438. The number of halogens is 2. The smallest absolute Gasteiger partial charge is 0.251 e. The van der Waals surface area contributed by atoms with Crippen molar-refractivity contribution in [3.05, 3.63) is 101 Å². The molecule has 0 saturated carbocycles. The monoisotopic (exact) mass is 391 g/mol. The largest absolute Gasteiger partial charge is 0.342 e. The van der Waals surface area contributed by atoms with Gasteiger partial charge in [0.05, 0.1) is 23.6 Å². The number of hydrogen-bond acceptors (Lipinski definition) is 2. The first-order valence-electron chi connectivity index (χ1n) is 9.28. The van der Waals surface area contributed by atoms with E-state index >= 15 is 0 Å². The van der Waals surface area contributed by atoms with Crippen molar-refractivity contribution in [1.29, 1.82) is 0 Å². The second-order valence-electron chi connectivity index (χ2n) is 6.84. The predicted molar refractivity (Wildman–Crippen MR) is 108 cm³/mol. The lowest BCUT2D eigenvalue weighted by Crippen LogP contribution is -2.29. The average molecular weight is 391 g/mol. The third-order valence-corrected chi connectivity index (χ3v) is 4.81. The zero-order valence-electron chi connectivity index (χ0n) is 15.8. The number of imidazole rings is 1. The highest BCUT2D eigenvalue weighted by atomic mass is 19.1. The van der Waals surface area contributed by atoms with Crippen LogP contribution in [0.4, 0.5) is 8.78 Å². The molecular weight excluding hydrogens is 372 g/mol. The van der Waals surface area contributed by atoms with Gasteiger partial charge in [0, 0.05) is 11.1 Å². The van der Waals surface area contributed by atoms with Gasteiger partial charge in [-0.2, -0.15) is 0 Å². The van der Waals surface area contributed by atoms with Crippen molar-refractivity contribution >= 4 is 16.9 Å². The zero-order valence-corrected chi connectivity index (χ0v) is 15.8. The van der Waals surface area contributed by atoms with E-state index < -0.39 is 11.9 Å². The second kappa shape index (κ2) is 7.83. The van der Waals surface area contributed by atoms with E-state index in [1.165, 1.54) is 30.3 Å². The molecule has 0 unspecified atom stereocenters. The molecule has 146 valence electrons. The number of para-hydroxylation sites is 2. The Morgan fingerprint density at radius 2 is 1.69 bits per heavy atom. The number of amides is 1. The molecule has 0 fully saturated rings. The maximum absolute atomic E-state index is 14.2. The number of nitrogens with zero attached hydrogens (tertiary/aromatic N) is 2. The van der Waals surface area contributed by atoms with Gasteiger partial charge in [-0.3, -0.25) is 4.79 Å². The van der Waals surface area contributed by atoms with Crippen LogP contribution in [0.15, 0.2) is 72.8 Å². The van der Waals surface area contributed by atoms with Crippen molar-refractivity contribution in [2.24, 2.45) is 0 Å². The number of fused-ring (bicyclic) bond motifs is 1. The molecule has 1 atom stereocenters. The second-order valence-corrected chi connectivity index (χ2v) is 6.84. The summed E-state index contributed by atoms with van der Waals surface area (Å²) in [6.07, 6.45) is 0. The van der Waals surface area contributed by atoms with Gasteiger partial charge >= 0.3 is 0 Å². The lowest BCUT2D eigenvalue weighted by Gasteiger charge is -2.17. The van der Waals surface area contributed by atoms with Gasteiger partial charge < -0.3 is 9.88 Å². The molecular formula is C23H19F2N3O. The maximum Gasteiger partial charge on any atom is 0.251 e. The zero-order chi connectivity index (χ0) is 20.4. The Morgan fingerprint density at radius 3 is 2.45 bits per heavy atom. The fourth-order valence-corrected chi connectivity index (χ4v) is 3.33. The van der Waals surface area contributed by atoms with Crippen molar-refractivity contribution in [1.82, 2.24) is 14.9 Å². The predicted octanol–water partition coefficient (Wildman–Crippen LogP) is 4.85. The van der Waals surface area contributed by atoms with Crippen LogP contribution in [0.2, 0.25) is 0 Å². The lowest BCUT2D eigenvalue weighted by molar-refractivity contribution is 0.0937. The van der Waals surface area contributed by atoms with Crippen LogP contribution < -0.4 is 5.32 Å². The molecule has 4 rings (SSSR count). The van der Waals surface area contributed by atoms with Crippen molar-refractivity contribution in [2.75, 3.05) is 0 Å². The first-order valence-corrected chi connectivity index (χ1v) is 9.28. The van der Waals surface area contributed by atoms with Crippen LogP contribution >= 0.6 is 0 Å². The minimum Gasteiger partial charge on any atom is -0.342 e. The molecule has 0 aliphatic carbocycles. The van der Waals surface area contributed by atoms with E-state index in [2.05, 4.69) is 10.3 Å². The highest BCUT2D eigenvalue weighted by Gasteiger charge is 2.20. The number of carbonyl (C=O) groups excluding carboxylic acids is 1. The molecule has 1 amide bonds. The van der Waals surface area contributed by atoms with E-state index in [1.54, 1.807) is 18.2 Å². The fourth-order valence-electron chi connectivity index (χ4n) is 3.33. The topological polar surface area (TPSA) is 46.9 Å². The molecule has 3 aromatic carbocycles. The van der Waals surface area contributed by atoms with Crippen LogP contribution in [-0.4, -0.2) is 15.5 Å². The summed E-state index contributed by atoms with van der Waals surface area (Å²) in [5.74, 6) is -0.410. The molecule has 0 spiro atoms. The van der Waals surface area contributed by atoms with Gasteiger partial charge in [0.25, 0.3) is 5.91 Å². The SMILES string of the molecule is C[C@@H](NC(=O)c1ccc(F)cc1)c1nc2ccccc2n1Cc1ccccc1F. The Kier molecular flexibility index (Phi) is 5.08. The Bertz CT molecular complexity index is 1170. The number of aromatic nitrogens is 2. The van der Waals surface area contributed by atoms with Gasteiger partial charge in [-0.1, -0.05) is 30.3 Å². The summed E-state index contributed by atoms with van der Waals surface area (Å²) in [7, 11) is 0. The van der Waals surface area contributed by atoms with E-state index in [1.807, 2.05) is 35.8 Å². The van der Waals surface area contributed by atoms with E-state index in [9.17, 15) is 13.6 Å². The maximum atomic E-state index is 14.2. The molecule has 0 saturated heterocycles. The van der Waals surface area contributed by atoms with Crippen molar-refractivity contribution < 1.29 is 13.6 Å². The standard InChI is InChI=1S/C23H19F2N3O/c1-15(26-23(29)16-10-12-18(24)13-11-16)22-27-20-8-4-5-9-21(20)28(22)14-17-6-2-3-7-19(17)25/h2-13,15H,14H2,1H3,(H,26,29)/t15-/m1/s1. The van der Waals surface area contributed by atoms with E-state index in [4.69, 9.17) is 0 Å². The van der Waals surface area contributed by atoms with Crippen molar-refractivity contribution in [3.63, 3.8) is 0 Å². The molecule has 6 heteroatoms. The molecule has 1 heterocycles. The first kappa shape index (κ1) is 18.8. The number of hydrogen-bond donors (Lipinski definition) is 1. The summed E-state index contributed by atoms with van der Waals surface area (Å²) >= 11 is 0. The summed E-state index contributed by atoms with van der Waals surface area (Å²) in [4.78, 5) is 17.2. The average Bonchev–Trinajstić information content (AvgIpc) is 3.09. The van der Waals surface area contributed by atoms with Crippen LogP contribution in [0.25, 0.3) is 11.0 Å². The third kappa shape index (κ3) is 3.87. The Hall–Kier alpha value is -3.54. The lowest BCUT2D eigenvalue weighted by atomic mass is 10.2. The quantitative estimate of drug-likeness (QED) is 0.528. The Balaban J connectivity index is 1.68. The molecule has 0 radical (unpaired) electrons. The number of nitrogens with one attached hydrogen (secondary N) is 1. The highest BCUT2D eigenvalue weighted by molar-refractivity contribution is 5.94. The summed E-state index contributed by atoms with van der Waals surface area (Å²) in [6, 6.07) is 19.1. The highest BCUT2D eigenvalue weighted by Crippen LogP contribution is 2.23. The van der Waals surface area contributed by atoms with Crippen molar-refractivity contribution in [3.8, 4) is 0 Å². The first-order chi connectivity index (χ1) is 14.0. The molecule has 29 heavy (non-hydrogen) atoms. The van der Waals surface area contributed by atoms with Crippen LogP contribution in [0.3, 0.4) is 0 Å². The van der Waals surface area contributed by atoms with Crippen LogP contribution in [-0.2, 0) is 6.54 Å². The Labute approximate surface area is 166 Å².